The van der Waals surface area contributed by atoms with Crippen molar-refractivity contribution < 1.29 is 9.35 Å². The zero-order valence-electron chi connectivity index (χ0n) is 10.9. The number of carbonyl (C=O) groups is 1. The highest BCUT2D eigenvalue weighted by Gasteiger charge is 2.31. The molecule has 0 radical (unpaired) electrons. The molecule has 0 bridgehead atoms. The Bertz CT molecular complexity index is 428. The molecular weight excluding hydrogens is 246 g/mol. The van der Waals surface area contributed by atoms with Crippen molar-refractivity contribution in [2.24, 2.45) is 0 Å². The largest absolute Gasteiger partial charge is 0.611 e. The fourth-order valence-corrected chi connectivity index (χ4v) is 3.94. The minimum atomic E-state index is -0.948. The Morgan fingerprint density at radius 2 is 1.94 bits per heavy atom. The lowest BCUT2D eigenvalue weighted by Crippen LogP contribution is -2.41. The second-order valence-electron chi connectivity index (χ2n) is 4.77. The van der Waals surface area contributed by atoms with Gasteiger partial charge in [0.15, 0.2) is 4.90 Å². The molecule has 0 N–H and O–H groups in total. The van der Waals surface area contributed by atoms with E-state index in [2.05, 4.69) is 0 Å². The van der Waals surface area contributed by atoms with Gasteiger partial charge in [0.05, 0.1) is 0 Å². The summed E-state index contributed by atoms with van der Waals surface area (Å²) in [6.45, 7) is 5.06. The van der Waals surface area contributed by atoms with Crippen LogP contribution in [-0.4, -0.2) is 33.7 Å². The van der Waals surface area contributed by atoms with E-state index in [1.807, 2.05) is 36.1 Å². The zero-order chi connectivity index (χ0) is 13.1. The van der Waals surface area contributed by atoms with Gasteiger partial charge in [-0.1, -0.05) is 18.2 Å². The van der Waals surface area contributed by atoms with Gasteiger partial charge < -0.3 is 9.45 Å². The first-order valence-electron chi connectivity index (χ1n) is 6.31. The number of aryl methyl sites for hydroxylation is 1. The number of piperidine rings is 1. The summed E-state index contributed by atoms with van der Waals surface area (Å²) in [7, 11) is 0. The average molecular weight is 265 g/mol. The predicted octanol–water partition coefficient (Wildman–Crippen LogP) is 2.11. The number of hydrogen-bond donors (Lipinski definition) is 0. The Hall–Kier alpha value is -1.00. The first-order chi connectivity index (χ1) is 8.59. The SMILES string of the molecule is CC(=O)N1CCC([S+]([O-])c2ccccc2C)CC1. The number of benzene rings is 1. The van der Waals surface area contributed by atoms with Crippen LogP contribution < -0.4 is 0 Å². The minimum absolute atomic E-state index is 0.120. The highest BCUT2D eigenvalue weighted by molar-refractivity contribution is 7.92. The van der Waals surface area contributed by atoms with Gasteiger partial charge in [-0.05, 0) is 24.2 Å². The molecule has 1 aromatic rings. The molecule has 1 heterocycles. The number of nitrogens with zero attached hydrogens (tertiary/aromatic N) is 1. The summed E-state index contributed by atoms with van der Waals surface area (Å²) >= 11 is -0.948. The van der Waals surface area contributed by atoms with Crippen molar-refractivity contribution in [3.05, 3.63) is 29.8 Å². The summed E-state index contributed by atoms with van der Waals surface area (Å²) in [5, 5.41) is 0.182. The molecule has 1 aliphatic rings. The van der Waals surface area contributed by atoms with Crippen LogP contribution in [-0.2, 0) is 16.0 Å². The van der Waals surface area contributed by atoms with Crippen LogP contribution in [0.25, 0.3) is 0 Å². The second kappa shape index (κ2) is 5.76. The first kappa shape index (κ1) is 13.4. The van der Waals surface area contributed by atoms with Gasteiger partial charge in [0.2, 0.25) is 5.91 Å². The molecule has 1 aromatic carbocycles. The molecule has 1 atom stereocenters. The van der Waals surface area contributed by atoms with Crippen LogP contribution >= 0.6 is 0 Å². The minimum Gasteiger partial charge on any atom is -0.611 e. The molecule has 3 nitrogen and oxygen atoms in total. The maximum atomic E-state index is 12.5. The first-order valence-corrected chi connectivity index (χ1v) is 7.52. The van der Waals surface area contributed by atoms with Crippen LogP contribution in [0.4, 0.5) is 0 Å². The average Bonchev–Trinajstić information content (AvgIpc) is 2.38. The third-order valence-electron chi connectivity index (χ3n) is 3.50. The van der Waals surface area contributed by atoms with E-state index in [9.17, 15) is 9.35 Å². The molecule has 2 rings (SSSR count). The lowest BCUT2D eigenvalue weighted by molar-refractivity contribution is -0.129. The number of amides is 1. The molecule has 0 spiro atoms. The molecule has 1 aliphatic heterocycles. The van der Waals surface area contributed by atoms with Crippen LogP contribution in [0.5, 0.6) is 0 Å². The number of rotatable bonds is 2. The normalized spacial score (nSPS) is 18.7. The van der Waals surface area contributed by atoms with E-state index in [1.54, 1.807) is 6.92 Å². The molecule has 1 saturated heterocycles. The van der Waals surface area contributed by atoms with Crippen molar-refractivity contribution >= 4 is 17.1 Å². The van der Waals surface area contributed by atoms with E-state index in [1.165, 1.54) is 0 Å². The molecule has 0 saturated carbocycles. The fraction of sp³-hybridized carbons (Fsp3) is 0.500. The maximum absolute atomic E-state index is 12.5. The van der Waals surface area contributed by atoms with Crippen LogP contribution in [0.3, 0.4) is 0 Å². The van der Waals surface area contributed by atoms with Crippen molar-refractivity contribution in [3.63, 3.8) is 0 Å². The van der Waals surface area contributed by atoms with Gasteiger partial charge in [-0.25, -0.2) is 0 Å². The lowest BCUT2D eigenvalue weighted by atomic mass is 10.1. The standard InChI is InChI=1S/C14H19NO2S/c1-11-5-3-4-6-14(11)18(17)13-7-9-15(10-8-13)12(2)16/h3-6,13H,7-10H2,1-2H3. The summed E-state index contributed by atoms with van der Waals surface area (Å²) in [6, 6.07) is 7.85. The van der Waals surface area contributed by atoms with Crippen LogP contribution in [0, 0.1) is 6.92 Å². The molecule has 1 amide bonds. The Labute approximate surface area is 111 Å². The van der Waals surface area contributed by atoms with E-state index < -0.39 is 11.2 Å². The molecule has 98 valence electrons. The fourth-order valence-electron chi connectivity index (χ4n) is 2.35. The van der Waals surface area contributed by atoms with Crippen LogP contribution in [0.15, 0.2) is 29.2 Å². The van der Waals surface area contributed by atoms with Gasteiger partial charge in [0, 0.05) is 38.4 Å². The molecular formula is C14H19NO2S. The predicted molar refractivity (Wildman–Crippen MR) is 72.9 cm³/mol. The number of hydrogen-bond acceptors (Lipinski definition) is 2. The van der Waals surface area contributed by atoms with Crippen molar-refractivity contribution in [2.45, 2.75) is 36.8 Å². The third kappa shape index (κ3) is 2.87. The van der Waals surface area contributed by atoms with Crippen molar-refractivity contribution in [2.75, 3.05) is 13.1 Å². The molecule has 0 aliphatic carbocycles. The summed E-state index contributed by atoms with van der Waals surface area (Å²) < 4.78 is 12.5. The highest BCUT2D eigenvalue weighted by Crippen LogP contribution is 2.26. The van der Waals surface area contributed by atoms with Crippen molar-refractivity contribution in [3.8, 4) is 0 Å². The summed E-state index contributed by atoms with van der Waals surface area (Å²) in [4.78, 5) is 14.0. The van der Waals surface area contributed by atoms with E-state index in [-0.39, 0.29) is 11.2 Å². The summed E-state index contributed by atoms with van der Waals surface area (Å²) in [6.07, 6.45) is 1.67. The topological polar surface area (TPSA) is 43.4 Å². The van der Waals surface area contributed by atoms with Gasteiger partial charge in [0.1, 0.15) is 5.25 Å². The van der Waals surface area contributed by atoms with Gasteiger partial charge in [-0.3, -0.25) is 4.79 Å². The Balaban J connectivity index is 2.02. The van der Waals surface area contributed by atoms with Gasteiger partial charge in [-0.2, -0.15) is 0 Å². The molecule has 1 fully saturated rings. The number of likely N-dealkylation sites (tertiary alicyclic amines) is 1. The van der Waals surface area contributed by atoms with Crippen LogP contribution in [0.2, 0.25) is 0 Å². The smallest absolute Gasteiger partial charge is 0.219 e. The van der Waals surface area contributed by atoms with Gasteiger partial charge >= 0.3 is 0 Å². The quantitative estimate of drug-likeness (QED) is 0.769. The van der Waals surface area contributed by atoms with E-state index >= 15 is 0 Å². The van der Waals surface area contributed by atoms with E-state index in [0.717, 1.165) is 36.4 Å². The van der Waals surface area contributed by atoms with Gasteiger partial charge in [-0.15, -0.1) is 0 Å². The maximum Gasteiger partial charge on any atom is 0.219 e. The Morgan fingerprint density at radius 3 is 2.50 bits per heavy atom. The molecule has 1 unspecified atom stereocenters. The van der Waals surface area contributed by atoms with Crippen molar-refractivity contribution in [1.29, 1.82) is 0 Å². The van der Waals surface area contributed by atoms with Gasteiger partial charge in [0.25, 0.3) is 0 Å². The van der Waals surface area contributed by atoms with E-state index in [4.69, 9.17) is 0 Å². The second-order valence-corrected chi connectivity index (χ2v) is 6.47. The Kier molecular flexibility index (Phi) is 4.30. The van der Waals surface area contributed by atoms with Crippen molar-refractivity contribution in [1.82, 2.24) is 4.90 Å². The molecule has 4 heteroatoms. The Morgan fingerprint density at radius 1 is 1.33 bits per heavy atom. The lowest BCUT2D eigenvalue weighted by Gasteiger charge is -2.32. The molecule has 18 heavy (non-hydrogen) atoms. The number of carbonyl (C=O) groups excluding carboxylic acids is 1. The highest BCUT2D eigenvalue weighted by atomic mass is 32.2. The van der Waals surface area contributed by atoms with Crippen LogP contribution in [0.1, 0.15) is 25.3 Å². The summed E-state index contributed by atoms with van der Waals surface area (Å²) in [5.41, 5.74) is 1.09. The summed E-state index contributed by atoms with van der Waals surface area (Å²) in [5.74, 6) is 0.120. The monoisotopic (exact) mass is 265 g/mol. The molecule has 0 aromatic heterocycles. The third-order valence-corrected chi connectivity index (χ3v) is 5.47. The zero-order valence-corrected chi connectivity index (χ0v) is 11.7. The van der Waals surface area contributed by atoms with E-state index in [0.29, 0.717) is 0 Å².